The van der Waals surface area contributed by atoms with Crippen LogP contribution in [0.4, 0.5) is 0 Å². The van der Waals surface area contributed by atoms with Crippen LogP contribution in [0.1, 0.15) is 245 Å². The monoisotopic (exact) mass is 969 g/mol. The molecule has 0 aliphatic carbocycles. The summed E-state index contributed by atoms with van der Waals surface area (Å²) in [5, 5.41) is 0. The molecular formula is C64H104O6. The highest BCUT2D eigenvalue weighted by atomic mass is 16.6. The van der Waals surface area contributed by atoms with Crippen LogP contribution in [0.15, 0.2) is 122 Å². The maximum Gasteiger partial charge on any atom is 0.306 e. The van der Waals surface area contributed by atoms with E-state index in [2.05, 4.69) is 130 Å². The molecular weight excluding hydrogens is 865 g/mol. The van der Waals surface area contributed by atoms with Gasteiger partial charge in [-0.15, -0.1) is 0 Å². The summed E-state index contributed by atoms with van der Waals surface area (Å²) in [5.74, 6) is -1.000. The van der Waals surface area contributed by atoms with Crippen molar-refractivity contribution in [3.63, 3.8) is 0 Å². The molecule has 6 heteroatoms. The van der Waals surface area contributed by atoms with Crippen molar-refractivity contribution in [3.05, 3.63) is 122 Å². The second-order valence-corrected chi connectivity index (χ2v) is 18.4. The molecule has 0 bridgehead atoms. The largest absolute Gasteiger partial charge is 0.462 e. The highest BCUT2D eigenvalue weighted by Gasteiger charge is 2.19. The molecule has 0 rings (SSSR count). The number of unbranched alkanes of at least 4 members (excludes halogenated alkanes) is 19. The molecule has 0 saturated heterocycles. The molecule has 0 fully saturated rings. The third-order valence-electron chi connectivity index (χ3n) is 11.7. The number of hydrogen-bond donors (Lipinski definition) is 0. The fraction of sp³-hybridized carbons (Fsp3) is 0.641. The van der Waals surface area contributed by atoms with Crippen molar-refractivity contribution in [3.8, 4) is 0 Å². The van der Waals surface area contributed by atoms with Gasteiger partial charge in [0.05, 0.1) is 0 Å². The van der Waals surface area contributed by atoms with Crippen molar-refractivity contribution in [1.29, 1.82) is 0 Å². The first-order valence-electron chi connectivity index (χ1n) is 28.5. The van der Waals surface area contributed by atoms with E-state index in [4.69, 9.17) is 14.2 Å². The molecule has 1 atom stereocenters. The minimum atomic E-state index is -0.817. The van der Waals surface area contributed by atoms with Crippen LogP contribution in [0, 0.1) is 0 Å². The van der Waals surface area contributed by atoms with Gasteiger partial charge in [0.2, 0.25) is 0 Å². The fourth-order valence-electron chi connectivity index (χ4n) is 7.52. The van der Waals surface area contributed by atoms with Gasteiger partial charge in [-0.1, -0.05) is 251 Å². The van der Waals surface area contributed by atoms with Gasteiger partial charge in [0.1, 0.15) is 13.2 Å². The van der Waals surface area contributed by atoms with E-state index in [1.807, 2.05) is 12.2 Å². The minimum Gasteiger partial charge on any atom is -0.462 e. The summed E-state index contributed by atoms with van der Waals surface area (Å²) in [4.78, 5) is 38.0. The van der Waals surface area contributed by atoms with Crippen molar-refractivity contribution in [1.82, 2.24) is 0 Å². The molecule has 1 unspecified atom stereocenters. The molecule has 0 spiro atoms. The number of ether oxygens (including phenoxy) is 3. The number of carbonyl (C=O) groups excluding carboxylic acids is 3. The summed E-state index contributed by atoms with van der Waals surface area (Å²) < 4.78 is 16.7. The first kappa shape index (κ1) is 65.8. The summed E-state index contributed by atoms with van der Waals surface area (Å²) in [6.45, 7) is 6.32. The van der Waals surface area contributed by atoms with Crippen molar-refractivity contribution in [2.24, 2.45) is 0 Å². The molecule has 0 radical (unpaired) electrons. The molecule has 70 heavy (non-hydrogen) atoms. The van der Waals surface area contributed by atoms with Crippen LogP contribution < -0.4 is 0 Å². The number of allylic oxidation sites excluding steroid dienone is 20. The summed E-state index contributed by atoms with van der Waals surface area (Å²) >= 11 is 0. The Morgan fingerprint density at radius 2 is 0.586 bits per heavy atom. The zero-order valence-electron chi connectivity index (χ0n) is 45.2. The first-order chi connectivity index (χ1) is 34.5. The van der Waals surface area contributed by atoms with E-state index in [0.29, 0.717) is 19.3 Å². The predicted molar refractivity (Wildman–Crippen MR) is 302 cm³/mol. The molecule has 0 aliphatic heterocycles. The number of hydrogen-bond acceptors (Lipinski definition) is 6. The van der Waals surface area contributed by atoms with E-state index in [1.165, 1.54) is 96.3 Å². The zero-order valence-corrected chi connectivity index (χ0v) is 45.2. The lowest BCUT2D eigenvalue weighted by Gasteiger charge is -2.18. The summed E-state index contributed by atoms with van der Waals surface area (Å²) in [6, 6.07) is 0. The van der Waals surface area contributed by atoms with Gasteiger partial charge in [0, 0.05) is 19.3 Å². The Kier molecular flexibility index (Phi) is 54.0. The van der Waals surface area contributed by atoms with Crippen LogP contribution in [-0.2, 0) is 28.6 Å². The third-order valence-corrected chi connectivity index (χ3v) is 11.7. The maximum absolute atomic E-state index is 12.8. The second-order valence-electron chi connectivity index (χ2n) is 18.4. The standard InChI is InChI=1S/C64H104O6/c1-4-7-10-13-16-19-22-24-25-26-27-28-29-30-31-32-33-34-35-36-37-38-39-41-42-45-48-51-54-57-63(66)69-60-61(59-68-62(65)56-53-50-47-44-21-18-15-12-9-6-3)70-64(67)58-55-52-49-46-43-40-23-20-17-14-11-8-5-2/h7-8,10-11,16-17,19-20,24-25,27-28,30-31,33-34,40,43,49,52,61H,4-6,9,12-15,18,21-23,26,29,32,35-39,41-42,44-48,50-51,53-60H2,1-3H3/b10-7-,11-8-,19-16-,20-17-,25-24-,28-27-,31-30-,34-33-,43-40-,52-49-. The lowest BCUT2D eigenvalue weighted by atomic mass is 10.1. The summed E-state index contributed by atoms with van der Waals surface area (Å²) in [5.41, 5.74) is 0. The smallest absolute Gasteiger partial charge is 0.306 e. The Bertz CT molecular complexity index is 1490. The van der Waals surface area contributed by atoms with E-state index in [1.54, 1.807) is 0 Å². The predicted octanol–water partition coefficient (Wildman–Crippen LogP) is 19.3. The molecule has 0 amide bonds. The van der Waals surface area contributed by atoms with Crippen LogP contribution >= 0.6 is 0 Å². The van der Waals surface area contributed by atoms with E-state index < -0.39 is 12.1 Å². The van der Waals surface area contributed by atoms with Gasteiger partial charge in [-0.2, -0.15) is 0 Å². The van der Waals surface area contributed by atoms with E-state index >= 15 is 0 Å². The zero-order chi connectivity index (χ0) is 50.7. The lowest BCUT2D eigenvalue weighted by molar-refractivity contribution is -0.166. The Balaban J connectivity index is 4.26. The maximum atomic E-state index is 12.8. The molecule has 0 aromatic rings. The average molecular weight is 970 g/mol. The van der Waals surface area contributed by atoms with Crippen LogP contribution in [0.2, 0.25) is 0 Å². The van der Waals surface area contributed by atoms with Gasteiger partial charge >= 0.3 is 17.9 Å². The van der Waals surface area contributed by atoms with Crippen LogP contribution in [0.25, 0.3) is 0 Å². The molecule has 0 saturated carbocycles. The number of esters is 3. The minimum absolute atomic E-state index is 0.108. The summed E-state index contributed by atoms with van der Waals surface area (Å²) in [6.07, 6.45) is 79.3. The van der Waals surface area contributed by atoms with Gasteiger partial charge in [0.25, 0.3) is 0 Å². The van der Waals surface area contributed by atoms with Gasteiger partial charge < -0.3 is 14.2 Å². The van der Waals surface area contributed by atoms with Crippen LogP contribution in [0.3, 0.4) is 0 Å². The van der Waals surface area contributed by atoms with Crippen LogP contribution in [0.5, 0.6) is 0 Å². The molecule has 0 aliphatic rings. The molecule has 0 heterocycles. The first-order valence-corrected chi connectivity index (χ1v) is 28.5. The Labute approximate surface area is 431 Å². The van der Waals surface area contributed by atoms with Gasteiger partial charge in [-0.05, 0) is 96.3 Å². The van der Waals surface area contributed by atoms with Crippen molar-refractivity contribution < 1.29 is 28.6 Å². The molecule has 0 N–H and O–H groups in total. The second kappa shape index (κ2) is 57.4. The van der Waals surface area contributed by atoms with Crippen molar-refractivity contribution in [2.45, 2.75) is 252 Å². The Morgan fingerprint density at radius 1 is 0.300 bits per heavy atom. The molecule has 6 nitrogen and oxygen atoms in total. The SMILES string of the molecule is CC/C=C\C/C=C\C/C=C\C/C=C\C/C=C\C/C=C\CCCCCCCCCCCCC(=O)OCC(COC(=O)CCCCCCCCCCCC)OC(=O)CC/C=C\C/C=C\C/C=C\C/C=C\CC. The van der Waals surface area contributed by atoms with E-state index in [9.17, 15) is 14.4 Å². The van der Waals surface area contributed by atoms with Crippen LogP contribution in [-0.4, -0.2) is 37.2 Å². The van der Waals surface area contributed by atoms with Crippen molar-refractivity contribution >= 4 is 17.9 Å². The fourth-order valence-corrected chi connectivity index (χ4v) is 7.52. The Morgan fingerprint density at radius 3 is 0.929 bits per heavy atom. The van der Waals surface area contributed by atoms with Gasteiger partial charge in [-0.25, -0.2) is 0 Å². The van der Waals surface area contributed by atoms with Gasteiger partial charge in [0.15, 0.2) is 6.10 Å². The molecule has 396 valence electrons. The number of carbonyl (C=O) groups is 3. The number of rotatable bonds is 50. The molecule has 0 aromatic carbocycles. The third kappa shape index (κ3) is 54.7. The highest BCUT2D eigenvalue weighted by Crippen LogP contribution is 2.14. The normalized spacial score (nSPS) is 13.0. The molecule has 0 aromatic heterocycles. The van der Waals surface area contributed by atoms with E-state index in [0.717, 1.165) is 103 Å². The van der Waals surface area contributed by atoms with E-state index in [-0.39, 0.29) is 31.6 Å². The topological polar surface area (TPSA) is 78.9 Å². The quantitative estimate of drug-likeness (QED) is 0.0262. The Hall–Kier alpha value is -4.19. The van der Waals surface area contributed by atoms with Crippen molar-refractivity contribution in [2.75, 3.05) is 13.2 Å². The average Bonchev–Trinajstić information content (AvgIpc) is 3.36. The van der Waals surface area contributed by atoms with Gasteiger partial charge in [-0.3, -0.25) is 14.4 Å². The highest BCUT2D eigenvalue weighted by molar-refractivity contribution is 5.71. The lowest BCUT2D eigenvalue weighted by Crippen LogP contribution is -2.30. The summed E-state index contributed by atoms with van der Waals surface area (Å²) in [7, 11) is 0.